The average Bonchev–Trinajstić information content (AvgIpc) is 3.25. The second-order valence-electron chi connectivity index (χ2n) is 5.25. The molecule has 0 atom stereocenters. The monoisotopic (exact) mass is 288 g/mol. The molecule has 3 rings (SSSR count). The SMILES string of the molecule is O=C(Cc1c(F)cccc1Cl)C1(c2ccccc2)CC1. The summed E-state index contributed by atoms with van der Waals surface area (Å²) < 4.78 is 13.8. The van der Waals surface area contributed by atoms with Crippen LogP contribution in [0.1, 0.15) is 24.0 Å². The number of hydrogen-bond acceptors (Lipinski definition) is 1. The molecule has 1 nitrogen and oxygen atoms in total. The van der Waals surface area contributed by atoms with Crippen molar-refractivity contribution in [1.29, 1.82) is 0 Å². The van der Waals surface area contributed by atoms with Crippen LogP contribution in [0.2, 0.25) is 5.02 Å². The van der Waals surface area contributed by atoms with Crippen molar-refractivity contribution in [3.05, 3.63) is 70.5 Å². The van der Waals surface area contributed by atoms with Crippen molar-refractivity contribution in [2.45, 2.75) is 24.7 Å². The van der Waals surface area contributed by atoms with Crippen molar-refractivity contribution in [2.75, 3.05) is 0 Å². The van der Waals surface area contributed by atoms with Crippen molar-refractivity contribution >= 4 is 17.4 Å². The predicted molar refractivity (Wildman–Crippen MR) is 77.5 cm³/mol. The summed E-state index contributed by atoms with van der Waals surface area (Å²) in [6.07, 6.45) is 1.73. The van der Waals surface area contributed by atoms with E-state index in [1.807, 2.05) is 30.3 Å². The number of benzene rings is 2. The van der Waals surface area contributed by atoms with Gasteiger partial charge in [-0.2, -0.15) is 0 Å². The predicted octanol–water partition coefficient (Wildman–Crippen LogP) is 4.32. The maximum Gasteiger partial charge on any atom is 0.147 e. The van der Waals surface area contributed by atoms with E-state index in [0.29, 0.717) is 10.6 Å². The second kappa shape index (κ2) is 5.02. The first-order valence-corrected chi connectivity index (χ1v) is 7.03. The van der Waals surface area contributed by atoms with Gasteiger partial charge in [-0.1, -0.05) is 48.0 Å². The van der Waals surface area contributed by atoms with E-state index in [4.69, 9.17) is 11.6 Å². The van der Waals surface area contributed by atoms with Crippen LogP contribution < -0.4 is 0 Å². The molecule has 1 fully saturated rings. The van der Waals surface area contributed by atoms with Crippen molar-refractivity contribution in [3.8, 4) is 0 Å². The summed E-state index contributed by atoms with van der Waals surface area (Å²) in [6, 6.07) is 14.2. The van der Waals surface area contributed by atoms with E-state index in [1.165, 1.54) is 6.07 Å². The molecule has 0 saturated heterocycles. The molecule has 0 heterocycles. The van der Waals surface area contributed by atoms with Gasteiger partial charge in [0, 0.05) is 17.0 Å². The minimum Gasteiger partial charge on any atom is -0.298 e. The second-order valence-corrected chi connectivity index (χ2v) is 5.66. The summed E-state index contributed by atoms with van der Waals surface area (Å²) in [7, 11) is 0. The van der Waals surface area contributed by atoms with E-state index >= 15 is 0 Å². The zero-order chi connectivity index (χ0) is 14.2. The van der Waals surface area contributed by atoms with Gasteiger partial charge in [0.2, 0.25) is 0 Å². The summed E-state index contributed by atoms with van der Waals surface area (Å²) in [6.45, 7) is 0. The van der Waals surface area contributed by atoms with Crippen LogP contribution in [0.15, 0.2) is 48.5 Å². The maximum atomic E-state index is 13.8. The smallest absolute Gasteiger partial charge is 0.147 e. The Bertz CT molecular complexity index is 627. The Balaban J connectivity index is 1.88. The van der Waals surface area contributed by atoms with Crippen LogP contribution >= 0.6 is 11.6 Å². The lowest BCUT2D eigenvalue weighted by molar-refractivity contribution is -0.120. The van der Waals surface area contributed by atoms with Crippen LogP contribution in [0, 0.1) is 5.82 Å². The Labute approximate surface area is 122 Å². The van der Waals surface area contributed by atoms with Crippen LogP contribution in [0.4, 0.5) is 4.39 Å². The lowest BCUT2D eigenvalue weighted by Gasteiger charge is -2.15. The molecule has 1 aliphatic carbocycles. The molecule has 20 heavy (non-hydrogen) atoms. The molecule has 0 amide bonds. The standard InChI is InChI=1S/C17H14ClFO/c18-14-7-4-8-15(19)13(14)11-16(20)17(9-10-17)12-5-2-1-3-6-12/h1-8H,9-11H2. The van der Waals surface area contributed by atoms with Crippen LogP contribution in [-0.2, 0) is 16.6 Å². The number of carbonyl (C=O) groups is 1. The first-order valence-electron chi connectivity index (χ1n) is 6.65. The third kappa shape index (κ3) is 2.25. The molecular weight excluding hydrogens is 275 g/mol. The summed E-state index contributed by atoms with van der Waals surface area (Å²) in [5.74, 6) is -0.356. The Hall–Kier alpha value is -1.67. The van der Waals surface area contributed by atoms with Crippen molar-refractivity contribution in [3.63, 3.8) is 0 Å². The van der Waals surface area contributed by atoms with Gasteiger partial charge in [-0.15, -0.1) is 0 Å². The van der Waals surface area contributed by atoms with E-state index in [-0.39, 0.29) is 12.2 Å². The van der Waals surface area contributed by atoms with E-state index in [2.05, 4.69) is 0 Å². The fourth-order valence-corrected chi connectivity index (χ4v) is 2.87. The van der Waals surface area contributed by atoms with Gasteiger partial charge < -0.3 is 0 Å². The topological polar surface area (TPSA) is 17.1 Å². The fourth-order valence-electron chi connectivity index (χ4n) is 2.64. The molecule has 102 valence electrons. The van der Waals surface area contributed by atoms with Gasteiger partial charge >= 0.3 is 0 Å². The highest BCUT2D eigenvalue weighted by Crippen LogP contribution is 2.49. The molecule has 3 heteroatoms. The zero-order valence-corrected chi connectivity index (χ0v) is 11.7. The maximum absolute atomic E-state index is 13.8. The molecule has 0 radical (unpaired) electrons. The van der Waals surface area contributed by atoms with Gasteiger partial charge in [0.25, 0.3) is 0 Å². The van der Waals surface area contributed by atoms with Gasteiger partial charge in [0.15, 0.2) is 0 Å². The molecule has 0 unspecified atom stereocenters. The van der Waals surface area contributed by atoms with Crippen LogP contribution in [0.3, 0.4) is 0 Å². The number of Topliss-reactive ketones (excluding diaryl/α,β-unsaturated/α-hetero) is 1. The summed E-state index contributed by atoms with van der Waals surface area (Å²) in [4.78, 5) is 12.6. The van der Waals surface area contributed by atoms with E-state index < -0.39 is 11.2 Å². The number of hydrogen-bond donors (Lipinski definition) is 0. The Morgan fingerprint density at radius 3 is 2.40 bits per heavy atom. The van der Waals surface area contributed by atoms with Crippen LogP contribution in [-0.4, -0.2) is 5.78 Å². The zero-order valence-electron chi connectivity index (χ0n) is 10.9. The number of halogens is 2. The molecule has 0 aromatic heterocycles. The first kappa shape index (κ1) is 13.3. The highest BCUT2D eigenvalue weighted by Gasteiger charge is 2.50. The van der Waals surface area contributed by atoms with Crippen LogP contribution in [0.5, 0.6) is 0 Å². The van der Waals surface area contributed by atoms with Gasteiger partial charge in [-0.25, -0.2) is 4.39 Å². The highest BCUT2D eigenvalue weighted by atomic mass is 35.5. The summed E-state index contributed by atoms with van der Waals surface area (Å²) >= 11 is 6.00. The van der Waals surface area contributed by atoms with Gasteiger partial charge in [0.05, 0.1) is 5.41 Å². The number of ketones is 1. The van der Waals surface area contributed by atoms with Crippen molar-refractivity contribution in [2.24, 2.45) is 0 Å². The Morgan fingerprint density at radius 2 is 1.80 bits per heavy atom. The van der Waals surface area contributed by atoms with Crippen LogP contribution in [0.25, 0.3) is 0 Å². The van der Waals surface area contributed by atoms with E-state index in [0.717, 1.165) is 18.4 Å². The van der Waals surface area contributed by atoms with Crippen molar-refractivity contribution in [1.82, 2.24) is 0 Å². The van der Waals surface area contributed by atoms with E-state index in [9.17, 15) is 9.18 Å². The fraction of sp³-hybridized carbons (Fsp3) is 0.235. The van der Waals surface area contributed by atoms with E-state index in [1.54, 1.807) is 12.1 Å². The largest absolute Gasteiger partial charge is 0.298 e. The molecule has 0 bridgehead atoms. The van der Waals surface area contributed by atoms with Crippen molar-refractivity contribution < 1.29 is 9.18 Å². The molecular formula is C17H14ClFO. The quantitative estimate of drug-likeness (QED) is 0.819. The van der Waals surface area contributed by atoms with Gasteiger partial charge in [-0.3, -0.25) is 4.79 Å². The third-order valence-corrected chi connectivity index (χ3v) is 4.36. The minimum absolute atomic E-state index is 0.0516. The van der Waals surface area contributed by atoms with Gasteiger partial charge in [-0.05, 0) is 30.5 Å². The molecule has 2 aromatic rings. The number of carbonyl (C=O) groups excluding carboxylic acids is 1. The van der Waals surface area contributed by atoms with Gasteiger partial charge in [0.1, 0.15) is 11.6 Å². The third-order valence-electron chi connectivity index (χ3n) is 4.01. The Kier molecular flexibility index (Phi) is 3.35. The molecule has 0 aliphatic heterocycles. The molecule has 0 spiro atoms. The number of rotatable bonds is 4. The minimum atomic E-state index is -0.424. The molecule has 1 aliphatic rings. The summed E-state index contributed by atoms with van der Waals surface area (Å²) in [5.41, 5.74) is 0.909. The molecule has 1 saturated carbocycles. The first-order chi connectivity index (χ1) is 9.63. The lowest BCUT2D eigenvalue weighted by Crippen LogP contribution is -2.23. The average molecular weight is 289 g/mol. The Morgan fingerprint density at radius 1 is 1.10 bits per heavy atom. The summed E-state index contributed by atoms with van der Waals surface area (Å²) in [5, 5.41) is 0.321. The highest BCUT2D eigenvalue weighted by molar-refractivity contribution is 6.31. The molecule has 2 aromatic carbocycles. The lowest BCUT2D eigenvalue weighted by atomic mass is 9.88. The molecule has 0 N–H and O–H groups in total. The normalized spacial score (nSPS) is 15.9.